The third-order valence-corrected chi connectivity index (χ3v) is 5.60. The molecule has 1 saturated heterocycles. The van der Waals surface area contributed by atoms with Gasteiger partial charge >= 0.3 is 0 Å². The number of hydrogen-bond acceptors (Lipinski definition) is 6. The average molecular weight is 494 g/mol. The number of ether oxygens (including phenoxy) is 5. The fourth-order valence-corrected chi connectivity index (χ4v) is 3.77. The number of nitrogens with zero attached hydrogens (tertiary/aromatic N) is 1. The lowest BCUT2D eigenvalue weighted by Crippen LogP contribution is -2.39. The monoisotopic (exact) mass is 493 g/mol. The second kappa shape index (κ2) is 11.2. The lowest BCUT2D eigenvalue weighted by Gasteiger charge is -2.26. The number of rotatable bonds is 10. The Labute approximate surface area is 191 Å². The van der Waals surface area contributed by atoms with Crippen LogP contribution in [0.4, 0.5) is 0 Å². The van der Waals surface area contributed by atoms with Crippen LogP contribution in [0.2, 0.25) is 0 Å². The zero-order valence-corrected chi connectivity index (χ0v) is 19.6. The van der Waals surface area contributed by atoms with Gasteiger partial charge in [0.25, 0.3) is 5.91 Å². The van der Waals surface area contributed by atoms with Gasteiger partial charge in [-0.3, -0.25) is 4.79 Å². The van der Waals surface area contributed by atoms with Crippen LogP contribution in [0, 0.1) is 0 Å². The standard InChI is InChI=1S/C23H28BrNO6/c1-27-20-11-16(12-21(28-2)23(20)29-3)13-25(14-19-5-4-10-30-19)22(26)15-31-18-8-6-17(24)7-9-18/h6-9,11-12,19H,4-5,10,13-15H2,1-3H3. The Kier molecular flexibility index (Phi) is 8.43. The second-order valence-corrected chi connectivity index (χ2v) is 8.10. The summed E-state index contributed by atoms with van der Waals surface area (Å²) in [5.74, 6) is 2.14. The molecule has 168 valence electrons. The molecule has 2 aromatic rings. The molecular formula is C23H28BrNO6. The average Bonchev–Trinajstić information content (AvgIpc) is 3.30. The molecule has 31 heavy (non-hydrogen) atoms. The van der Waals surface area contributed by atoms with Gasteiger partial charge in [0.05, 0.1) is 27.4 Å². The lowest BCUT2D eigenvalue weighted by atomic mass is 10.1. The number of carbonyl (C=O) groups excluding carboxylic acids is 1. The summed E-state index contributed by atoms with van der Waals surface area (Å²) in [6.07, 6.45) is 1.97. The first-order chi connectivity index (χ1) is 15.0. The van der Waals surface area contributed by atoms with Crippen LogP contribution in [0.25, 0.3) is 0 Å². The Morgan fingerprint density at radius 2 is 1.77 bits per heavy atom. The maximum absolute atomic E-state index is 13.1. The van der Waals surface area contributed by atoms with E-state index in [1.54, 1.807) is 26.2 Å². The first-order valence-electron chi connectivity index (χ1n) is 10.1. The van der Waals surface area contributed by atoms with Crippen molar-refractivity contribution in [2.45, 2.75) is 25.5 Å². The van der Waals surface area contributed by atoms with Crippen LogP contribution in [-0.4, -0.2) is 58.0 Å². The minimum absolute atomic E-state index is 0.0265. The fraction of sp³-hybridized carbons (Fsp3) is 0.435. The van der Waals surface area contributed by atoms with Crippen LogP contribution in [-0.2, 0) is 16.1 Å². The first kappa shape index (κ1) is 23.2. The van der Waals surface area contributed by atoms with Crippen molar-refractivity contribution in [1.82, 2.24) is 4.90 Å². The molecule has 0 N–H and O–H groups in total. The van der Waals surface area contributed by atoms with E-state index in [1.165, 1.54) is 0 Å². The molecule has 3 rings (SSSR count). The SMILES string of the molecule is COc1cc(CN(CC2CCCO2)C(=O)COc2ccc(Br)cc2)cc(OC)c1OC. The van der Waals surface area contributed by atoms with Gasteiger partial charge in [-0.1, -0.05) is 15.9 Å². The summed E-state index contributed by atoms with van der Waals surface area (Å²) < 4.78 is 28.7. The van der Waals surface area contributed by atoms with Crippen LogP contribution in [0.15, 0.2) is 40.9 Å². The Morgan fingerprint density at radius 3 is 2.32 bits per heavy atom. The highest BCUT2D eigenvalue weighted by molar-refractivity contribution is 9.10. The molecule has 1 unspecified atom stereocenters. The van der Waals surface area contributed by atoms with Gasteiger partial charge in [-0.25, -0.2) is 0 Å². The fourth-order valence-electron chi connectivity index (χ4n) is 3.50. The molecule has 2 aromatic carbocycles. The summed E-state index contributed by atoms with van der Waals surface area (Å²) >= 11 is 3.39. The summed E-state index contributed by atoms with van der Waals surface area (Å²) in [5, 5.41) is 0. The van der Waals surface area contributed by atoms with Gasteiger partial charge in [-0.05, 0) is 54.8 Å². The smallest absolute Gasteiger partial charge is 0.260 e. The summed E-state index contributed by atoms with van der Waals surface area (Å²) in [4.78, 5) is 14.8. The van der Waals surface area contributed by atoms with Crippen molar-refractivity contribution < 1.29 is 28.5 Å². The minimum Gasteiger partial charge on any atom is -0.493 e. The van der Waals surface area contributed by atoms with E-state index in [4.69, 9.17) is 23.7 Å². The summed E-state index contributed by atoms with van der Waals surface area (Å²) in [6, 6.07) is 11.1. The van der Waals surface area contributed by atoms with Gasteiger partial charge in [-0.15, -0.1) is 0 Å². The molecule has 1 atom stereocenters. The van der Waals surface area contributed by atoms with Crippen LogP contribution in [0.5, 0.6) is 23.0 Å². The van der Waals surface area contributed by atoms with Gasteiger partial charge in [0.1, 0.15) is 5.75 Å². The van der Waals surface area contributed by atoms with Crippen molar-refractivity contribution in [3.05, 3.63) is 46.4 Å². The lowest BCUT2D eigenvalue weighted by molar-refractivity contribution is -0.135. The van der Waals surface area contributed by atoms with Crippen molar-refractivity contribution in [2.24, 2.45) is 0 Å². The molecule has 1 heterocycles. The molecule has 0 radical (unpaired) electrons. The quantitative estimate of drug-likeness (QED) is 0.497. The Bertz CT molecular complexity index is 842. The largest absolute Gasteiger partial charge is 0.493 e. The summed E-state index contributed by atoms with van der Waals surface area (Å²) in [6.45, 7) is 1.54. The van der Waals surface area contributed by atoms with Crippen LogP contribution in [0.1, 0.15) is 18.4 Å². The molecule has 1 amide bonds. The van der Waals surface area contributed by atoms with Crippen LogP contribution < -0.4 is 18.9 Å². The maximum Gasteiger partial charge on any atom is 0.260 e. The van der Waals surface area contributed by atoms with Gasteiger partial charge in [0, 0.05) is 24.2 Å². The van der Waals surface area contributed by atoms with E-state index in [0.717, 1.165) is 29.5 Å². The van der Waals surface area contributed by atoms with E-state index in [0.29, 0.717) is 36.1 Å². The van der Waals surface area contributed by atoms with Gasteiger partial charge in [-0.2, -0.15) is 0 Å². The van der Waals surface area contributed by atoms with Gasteiger partial charge < -0.3 is 28.6 Å². The number of amides is 1. The van der Waals surface area contributed by atoms with Crippen molar-refractivity contribution in [1.29, 1.82) is 0 Å². The molecule has 0 bridgehead atoms. The van der Waals surface area contributed by atoms with Crippen LogP contribution in [0.3, 0.4) is 0 Å². The number of hydrogen-bond donors (Lipinski definition) is 0. The first-order valence-corrected chi connectivity index (χ1v) is 10.9. The third-order valence-electron chi connectivity index (χ3n) is 5.07. The number of halogens is 1. The topological polar surface area (TPSA) is 66.5 Å². The zero-order chi connectivity index (χ0) is 22.2. The predicted molar refractivity (Wildman–Crippen MR) is 120 cm³/mol. The molecule has 0 aromatic heterocycles. The Balaban J connectivity index is 1.76. The molecule has 8 heteroatoms. The highest BCUT2D eigenvalue weighted by atomic mass is 79.9. The molecule has 7 nitrogen and oxygen atoms in total. The van der Waals surface area contributed by atoms with Gasteiger partial charge in [0.2, 0.25) is 5.75 Å². The second-order valence-electron chi connectivity index (χ2n) is 7.19. The van der Waals surface area contributed by atoms with Crippen molar-refractivity contribution in [2.75, 3.05) is 41.1 Å². The number of benzene rings is 2. The van der Waals surface area contributed by atoms with Crippen LogP contribution >= 0.6 is 15.9 Å². The van der Waals surface area contributed by atoms with Crippen molar-refractivity contribution in [3.8, 4) is 23.0 Å². The maximum atomic E-state index is 13.1. The van der Waals surface area contributed by atoms with E-state index < -0.39 is 0 Å². The Morgan fingerprint density at radius 1 is 1.10 bits per heavy atom. The predicted octanol–water partition coefficient (Wildman–Crippen LogP) is 4.06. The molecule has 1 aliphatic heterocycles. The molecule has 1 aliphatic rings. The Hall–Kier alpha value is -2.45. The van der Waals surface area contributed by atoms with Gasteiger partial charge in [0.15, 0.2) is 18.1 Å². The van der Waals surface area contributed by atoms with E-state index in [-0.39, 0.29) is 18.6 Å². The number of methoxy groups -OCH3 is 3. The molecule has 1 fully saturated rings. The normalized spacial score (nSPS) is 15.4. The van der Waals surface area contributed by atoms with E-state index >= 15 is 0 Å². The number of carbonyl (C=O) groups is 1. The molecule has 0 saturated carbocycles. The zero-order valence-electron chi connectivity index (χ0n) is 18.1. The minimum atomic E-state index is -0.118. The third kappa shape index (κ3) is 6.27. The highest BCUT2D eigenvalue weighted by Gasteiger charge is 2.24. The summed E-state index contributed by atoms with van der Waals surface area (Å²) in [7, 11) is 4.71. The molecule has 0 spiro atoms. The summed E-state index contributed by atoms with van der Waals surface area (Å²) in [5.41, 5.74) is 0.865. The van der Waals surface area contributed by atoms with E-state index in [2.05, 4.69) is 15.9 Å². The highest BCUT2D eigenvalue weighted by Crippen LogP contribution is 2.38. The van der Waals surface area contributed by atoms with E-state index in [9.17, 15) is 4.79 Å². The molecular weight excluding hydrogens is 466 g/mol. The molecule has 0 aliphatic carbocycles. The van der Waals surface area contributed by atoms with E-state index in [1.807, 2.05) is 36.4 Å². The van der Waals surface area contributed by atoms with Crippen molar-refractivity contribution in [3.63, 3.8) is 0 Å². The van der Waals surface area contributed by atoms with Crippen molar-refractivity contribution >= 4 is 21.8 Å².